The fourth-order valence-electron chi connectivity index (χ4n) is 2.35. The third-order valence-corrected chi connectivity index (χ3v) is 3.30. The van der Waals surface area contributed by atoms with E-state index in [1.807, 2.05) is 0 Å². The van der Waals surface area contributed by atoms with Gasteiger partial charge in [-0.05, 0) is 51.0 Å². The highest BCUT2D eigenvalue weighted by atomic mass is 14.9. The van der Waals surface area contributed by atoms with Gasteiger partial charge in [0.2, 0.25) is 0 Å². The van der Waals surface area contributed by atoms with Gasteiger partial charge in [-0.25, -0.2) is 0 Å². The molecule has 14 heavy (non-hydrogen) atoms. The lowest BCUT2D eigenvalue weighted by molar-refractivity contribution is 0.481. The summed E-state index contributed by atoms with van der Waals surface area (Å²) < 4.78 is 0. The fraction of sp³-hybridized carbons (Fsp3) is 0.846. The number of nitrogens with one attached hydrogen (secondary N) is 1. The molecule has 82 valence electrons. The molecule has 0 aromatic heterocycles. The van der Waals surface area contributed by atoms with Crippen LogP contribution in [0.5, 0.6) is 0 Å². The monoisotopic (exact) mass is 195 g/mol. The normalized spacial score (nSPS) is 26.7. The molecule has 2 atom stereocenters. The molecule has 1 heteroatoms. The summed E-state index contributed by atoms with van der Waals surface area (Å²) in [5.74, 6) is 0.914. The molecule has 0 bridgehead atoms. The van der Waals surface area contributed by atoms with Crippen molar-refractivity contribution in [3.05, 3.63) is 12.2 Å². The third-order valence-electron chi connectivity index (χ3n) is 3.30. The van der Waals surface area contributed by atoms with E-state index < -0.39 is 0 Å². The Hall–Kier alpha value is -0.300. The van der Waals surface area contributed by atoms with Crippen molar-refractivity contribution in [2.24, 2.45) is 5.92 Å². The van der Waals surface area contributed by atoms with Crippen LogP contribution in [0.4, 0.5) is 0 Å². The Balaban J connectivity index is 2.17. The van der Waals surface area contributed by atoms with Gasteiger partial charge in [-0.15, -0.1) is 0 Å². The molecular weight excluding hydrogens is 170 g/mol. The van der Waals surface area contributed by atoms with Crippen molar-refractivity contribution in [1.29, 1.82) is 0 Å². The topological polar surface area (TPSA) is 12.0 Å². The minimum Gasteiger partial charge on any atom is -0.314 e. The molecule has 0 aromatic rings. The maximum Gasteiger partial charge on any atom is 0.00699 e. The first-order chi connectivity index (χ1) is 6.76. The van der Waals surface area contributed by atoms with Gasteiger partial charge in [-0.1, -0.05) is 26.0 Å². The van der Waals surface area contributed by atoms with E-state index in [9.17, 15) is 0 Å². The van der Waals surface area contributed by atoms with Crippen LogP contribution in [0, 0.1) is 5.92 Å². The van der Waals surface area contributed by atoms with Crippen LogP contribution in [-0.4, -0.2) is 12.6 Å². The van der Waals surface area contributed by atoms with Gasteiger partial charge in [0, 0.05) is 6.04 Å². The minimum atomic E-state index is 0.796. The van der Waals surface area contributed by atoms with Gasteiger partial charge < -0.3 is 5.32 Å². The summed E-state index contributed by atoms with van der Waals surface area (Å²) >= 11 is 0. The summed E-state index contributed by atoms with van der Waals surface area (Å²) in [4.78, 5) is 0. The third kappa shape index (κ3) is 3.83. The molecule has 1 saturated carbocycles. The smallest absolute Gasteiger partial charge is 0.00699 e. The predicted molar refractivity (Wildman–Crippen MR) is 63.5 cm³/mol. The second kappa shape index (κ2) is 6.23. The zero-order chi connectivity index (χ0) is 10.4. The van der Waals surface area contributed by atoms with Crippen LogP contribution in [0.25, 0.3) is 0 Å². The molecule has 0 amide bonds. The Bertz CT molecular complexity index is 174. The number of hydrogen-bond donors (Lipinski definition) is 1. The molecule has 1 fully saturated rings. The second-order valence-electron chi connectivity index (χ2n) is 4.64. The van der Waals surface area contributed by atoms with E-state index >= 15 is 0 Å². The molecule has 0 aliphatic heterocycles. The van der Waals surface area contributed by atoms with Gasteiger partial charge in [0.05, 0.1) is 0 Å². The standard InChI is InChI=1S/C13H25N/c1-4-8-14-13-7-6-12(10-13)9-11(3)5-2/h12-14H,3-10H2,1-2H3. The maximum atomic E-state index is 4.10. The fourth-order valence-corrected chi connectivity index (χ4v) is 2.35. The Kier molecular flexibility index (Phi) is 5.24. The van der Waals surface area contributed by atoms with Crippen LogP contribution in [0.3, 0.4) is 0 Å². The molecule has 0 spiro atoms. The Morgan fingerprint density at radius 3 is 2.79 bits per heavy atom. The second-order valence-corrected chi connectivity index (χ2v) is 4.64. The highest BCUT2D eigenvalue weighted by molar-refractivity contribution is 4.97. The van der Waals surface area contributed by atoms with Gasteiger partial charge in [0.25, 0.3) is 0 Å². The van der Waals surface area contributed by atoms with E-state index in [-0.39, 0.29) is 0 Å². The first kappa shape index (κ1) is 11.8. The molecule has 0 heterocycles. The van der Waals surface area contributed by atoms with Crippen LogP contribution < -0.4 is 5.32 Å². The Labute approximate surface area is 89.0 Å². The average Bonchev–Trinajstić information content (AvgIpc) is 2.62. The number of allylic oxidation sites excluding steroid dienone is 1. The minimum absolute atomic E-state index is 0.796. The van der Waals surface area contributed by atoms with Gasteiger partial charge in [0.15, 0.2) is 0 Å². The molecule has 0 radical (unpaired) electrons. The van der Waals surface area contributed by atoms with Crippen molar-refractivity contribution in [2.45, 2.75) is 58.4 Å². The van der Waals surface area contributed by atoms with Gasteiger partial charge >= 0.3 is 0 Å². The summed E-state index contributed by atoms with van der Waals surface area (Å²) in [5, 5.41) is 3.62. The first-order valence-corrected chi connectivity index (χ1v) is 6.16. The molecule has 1 aliphatic rings. The van der Waals surface area contributed by atoms with E-state index in [4.69, 9.17) is 0 Å². The van der Waals surface area contributed by atoms with Crippen LogP contribution in [-0.2, 0) is 0 Å². The van der Waals surface area contributed by atoms with Gasteiger partial charge in [-0.2, -0.15) is 0 Å². The van der Waals surface area contributed by atoms with Gasteiger partial charge in [-0.3, -0.25) is 0 Å². The summed E-state index contributed by atoms with van der Waals surface area (Å²) in [7, 11) is 0. The molecule has 1 nitrogen and oxygen atoms in total. The molecule has 0 aromatic carbocycles. The van der Waals surface area contributed by atoms with E-state index in [1.54, 1.807) is 0 Å². The summed E-state index contributed by atoms with van der Waals surface area (Å²) in [6, 6.07) is 0.796. The molecule has 2 unspecified atom stereocenters. The highest BCUT2D eigenvalue weighted by Gasteiger charge is 2.23. The number of hydrogen-bond acceptors (Lipinski definition) is 1. The highest BCUT2D eigenvalue weighted by Crippen LogP contribution is 2.30. The van der Waals surface area contributed by atoms with Crippen molar-refractivity contribution in [1.82, 2.24) is 5.32 Å². The quantitative estimate of drug-likeness (QED) is 0.640. The van der Waals surface area contributed by atoms with Crippen LogP contribution in [0.2, 0.25) is 0 Å². The lowest BCUT2D eigenvalue weighted by Gasteiger charge is -2.13. The zero-order valence-electron chi connectivity index (χ0n) is 9.81. The SMILES string of the molecule is C=C(CC)CC1CCC(NCCC)C1. The van der Waals surface area contributed by atoms with Crippen molar-refractivity contribution < 1.29 is 0 Å². The molecular formula is C13H25N. The molecule has 1 rings (SSSR count). The van der Waals surface area contributed by atoms with E-state index in [2.05, 4.69) is 25.7 Å². The molecule has 1 aliphatic carbocycles. The van der Waals surface area contributed by atoms with Crippen LogP contribution >= 0.6 is 0 Å². The molecule has 1 N–H and O–H groups in total. The van der Waals surface area contributed by atoms with Gasteiger partial charge in [0.1, 0.15) is 0 Å². The Morgan fingerprint density at radius 2 is 2.14 bits per heavy atom. The summed E-state index contributed by atoms with van der Waals surface area (Å²) in [6.45, 7) is 9.74. The van der Waals surface area contributed by atoms with Crippen LogP contribution in [0.15, 0.2) is 12.2 Å². The molecule has 0 saturated heterocycles. The zero-order valence-corrected chi connectivity index (χ0v) is 9.81. The van der Waals surface area contributed by atoms with Crippen molar-refractivity contribution >= 4 is 0 Å². The lowest BCUT2D eigenvalue weighted by Crippen LogP contribution is -2.27. The summed E-state index contributed by atoms with van der Waals surface area (Å²) in [6.07, 6.45) is 7.83. The van der Waals surface area contributed by atoms with E-state index in [0.717, 1.165) is 18.4 Å². The predicted octanol–water partition coefficient (Wildman–Crippen LogP) is 3.51. The maximum absolute atomic E-state index is 4.10. The van der Waals surface area contributed by atoms with Crippen molar-refractivity contribution in [3.8, 4) is 0 Å². The van der Waals surface area contributed by atoms with Crippen molar-refractivity contribution in [3.63, 3.8) is 0 Å². The summed E-state index contributed by atoms with van der Waals surface area (Å²) in [5.41, 5.74) is 1.44. The van der Waals surface area contributed by atoms with Crippen LogP contribution in [0.1, 0.15) is 52.4 Å². The largest absolute Gasteiger partial charge is 0.314 e. The van der Waals surface area contributed by atoms with E-state index in [1.165, 1.54) is 44.2 Å². The lowest BCUT2D eigenvalue weighted by atomic mass is 9.97. The first-order valence-electron chi connectivity index (χ1n) is 6.16. The number of rotatable bonds is 6. The van der Waals surface area contributed by atoms with Crippen molar-refractivity contribution in [2.75, 3.05) is 6.54 Å². The van der Waals surface area contributed by atoms with E-state index in [0.29, 0.717) is 0 Å². The Morgan fingerprint density at radius 1 is 1.36 bits per heavy atom. The average molecular weight is 195 g/mol.